The van der Waals surface area contributed by atoms with E-state index >= 15 is 0 Å². The van der Waals surface area contributed by atoms with E-state index in [4.69, 9.17) is 0 Å². The fourth-order valence-corrected chi connectivity index (χ4v) is 7.80. The van der Waals surface area contributed by atoms with Crippen LogP contribution in [0.1, 0.15) is 308 Å². The van der Waals surface area contributed by atoms with Crippen molar-refractivity contribution in [1.29, 1.82) is 0 Å². The van der Waals surface area contributed by atoms with Gasteiger partial charge < -0.3 is 0 Å². The van der Waals surface area contributed by atoms with Gasteiger partial charge in [0.25, 0.3) is 0 Å². The van der Waals surface area contributed by atoms with E-state index in [1.54, 1.807) is 16.7 Å². The summed E-state index contributed by atoms with van der Waals surface area (Å²) in [6, 6.07) is 4.98. The average Bonchev–Trinajstić information content (AvgIpc) is 3.18. The smallest absolute Gasteiger partial charge is 0.0276 e. The van der Waals surface area contributed by atoms with E-state index in [2.05, 4.69) is 67.5 Å². The highest BCUT2D eigenvalue weighted by molar-refractivity contribution is 5.38. The summed E-state index contributed by atoms with van der Waals surface area (Å²) in [6.07, 6.45) is 57.1. The van der Waals surface area contributed by atoms with E-state index in [0.29, 0.717) is 0 Å². The molecule has 0 amide bonds. The molecule has 1 rings (SSSR count). The van der Waals surface area contributed by atoms with Crippen molar-refractivity contribution in [2.45, 2.75) is 312 Å². The second kappa shape index (κ2) is 48.4. The molecule has 0 saturated heterocycles. The molecule has 0 radical (unpaired) electrons. The highest BCUT2D eigenvalue weighted by atomic mass is 14.1. The van der Waals surface area contributed by atoms with Gasteiger partial charge in [0.15, 0.2) is 0 Å². The first-order valence-corrected chi connectivity index (χ1v) is 25.6. The highest BCUT2D eigenvalue weighted by Gasteiger charge is 2.05. The Balaban J connectivity index is 0. The minimum absolute atomic E-state index is 1.27. The molecule has 1 aromatic carbocycles. The summed E-state index contributed by atoms with van der Waals surface area (Å²) in [5.41, 5.74) is 6.26. The zero-order chi connectivity index (χ0) is 40.0. The lowest BCUT2D eigenvalue weighted by atomic mass is 9.93. The molecule has 0 aliphatic carbocycles. The third-order valence-corrected chi connectivity index (χ3v) is 11.9. The molecule has 0 heteroatoms. The van der Waals surface area contributed by atoms with Gasteiger partial charge in [-0.05, 0) is 61.8 Å². The Bertz CT molecular complexity index is 785. The molecule has 0 aliphatic heterocycles. The quantitative estimate of drug-likeness (QED) is 0.0590. The Labute approximate surface area is 345 Å². The van der Waals surface area contributed by atoms with Crippen LogP contribution in [0.5, 0.6) is 0 Å². The molecule has 0 unspecified atom stereocenters. The maximum Gasteiger partial charge on any atom is -0.0276 e. The molecular weight excluding hydrogens is 649 g/mol. The molecular formula is C54H106. The van der Waals surface area contributed by atoms with Crippen LogP contribution in [0.2, 0.25) is 0 Å². The van der Waals surface area contributed by atoms with Crippen molar-refractivity contribution in [3.05, 3.63) is 34.4 Å². The third kappa shape index (κ3) is 42.4. The number of aryl methyl sites for hydroxylation is 3. The molecule has 0 bridgehead atoms. The van der Waals surface area contributed by atoms with Crippen molar-refractivity contribution in [2.24, 2.45) is 0 Å². The van der Waals surface area contributed by atoms with Crippen LogP contribution in [-0.4, -0.2) is 0 Å². The number of unbranched alkanes of at least 4 members (excludes halogenated alkanes) is 34. The number of hydrogen-bond acceptors (Lipinski definition) is 0. The van der Waals surface area contributed by atoms with Crippen LogP contribution in [0.4, 0.5) is 0 Å². The first-order valence-electron chi connectivity index (χ1n) is 25.6. The topological polar surface area (TPSA) is 0 Å². The van der Waals surface area contributed by atoms with Gasteiger partial charge in [-0.15, -0.1) is 0 Å². The van der Waals surface area contributed by atoms with Crippen LogP contribution in [0.25, 0.3) is 0 Å². The van der Waals surface area contributed by atoms with Gasteiger partial charge in [-0.1, -0.05) is 285 Å². The van der Waals surface area contributed by atoms with Crippen molar-refractivity contribution in [2.75, 3.05) is 0 Å². The maximum atomic E-state index is 2.53. The van der Waals surface area contributed by atoms with Crippen molar-refractivity contribution in [3.8, 4) is 0 Å². The Kier molecular flexibility index (Phi) is 49.5. The highest BCUT2D eigenvalue weighted by Crippen LogP contribution is 2.22. The third-order valence-electron chi connectivity index (χ3n) is 11.9. The molecule has 0 atom stereocenters. The zero-order valence-electron chi connectivity index (χ0n) is 39.4. The molecule has 0 aliphatic rings. The van der Waals surface area contributed by atoms with Crippen molar-refractivity contribution < 1.29 is 0 Å². The average molecular weight is 755 g/mol. The van der Waals surface area contributed by atoms with Crippen LogP contribution in [0.15, 0.2) is 12.1 Å². The molecule has 0 saturated carbocycles. The fraction of sp³-hybridized carbons (Fsp3) is 0.889. The van der Waals surface area contributed by atoms with Gasteiger partial charge in [-0.2, -0.15) is 0 Å². The van der Waals surface area contributed by atoms with E-state index in [1.807, 2.05) is 0 Å². The van der Waals surface area contributed by atoms with Gasteiger partial charge in [0, 0.05) is 0 Å². The second-order valence-electron chi connectivity index (χ2n) is 17.5. The Hall–Kier alpha value is -0.780. The van der Waals surface area contributed by atoms with E-state index in [-0.39, 0.29) is 0 Å². The van der Waals surface area contributed by atoms with Gasteiger partial charge in [-0.3, -0.25) is 0 Å². The fourth-order valence-electron chi connectivity index (χ4n) is 7.80. The lowest BCUT2D eigenvalue weighted by Crippen LogP contribution is -1.97. The van der Waals surface area contributed by atoms with E-state index in [0.717, 1.165) is 0 Å². The lowest BCUT2D eigenvalue weighted by molar-refractivity contribution is 0.538. The molecule has 0 fully saturated rings. The van der Waals surface area contributed by atoms with E-state index in [9.17, 15) is 0 Å². The molecule has 0 heterocycles. The van der Waals surface area contributed by atoms with Gasteiger partial charge in [-0.25, -0.2) is 0 Å². The lowest BCUT2D eigenvalue weighted by Gasteiger charge is -2.13. The standard InChI is InChI=1S/C30H54.C16H34.C8H18/c1-5-7-9-11-12-13-14-15-16-17-18-20-22-24-30-26-29(25-27(3)28(30)4)23-21-19-10-8-6-2;1-3-5-7-9-11-13-15-16-14-12-10-8-6-4-2;1-3-5-7-8-6-4-2/h25-26H,5-24H2,1-4H3;3-16H2,1-2H3;3-8H2,1-2H3. The predicted molar refractivity (Wildman–Crippen MR) is 253 cm³/mol. The first kappa shape index (κ1) is 55.3. The number of hydrogen-bond donors (Lipinski definition) is 0. The van der Waals surface area contributed by atoms with Crippen molar-refractivity contribution >= 4 is 0 Å². The van der Waals surface area contributed by atoms with Gasteiger partial charge in [0.1, 0.15) is 0 Å². The van der Waals surface area contributed by atoms with Crippen LogP contribution >= 0.6 is 0 Å². The van der Waals surface area contributed by atoms with Crippen molar-refractivity contribution in [1.82, 2.24) is 0 Å². The minimum Gasteiger partial charge on any atom is -0.0654 e. The maximum absolute atomic E-state index is 2.53. The van der Waals surface area contributed by atoms with E-state index in [1.165, 1.54) is 262 Å². The summed E-state index contributed by atoms with van der Waals surface area (Å²) in [5, 5.41) is 0. The number of benzene rings is 1. The Morgan fingerprint density at radius 2 is 0.481 bits per heavy atom. The molecule has 322 valence electrons. The van der Waals surface area contributed by atoms with Crippen molar-refractivity contribution in [3.63, 3.8) is 0 Å². The summed E-state index contributed by atoms with van der Waals surface area (Å²) in [6.45, 7) is 18.3. The minimum atomic E-state index is 1.27. The molecule has 0 aromatic heterocycles. The second-order valence-corrected chi connectivity index (χ2v) is 17.5. The molecule has 1 aromatic rings. The van der Waals surface area contributed by atoms with Crippen LogP contribution in [0, 0.1) is 13.8 Å². The molecule has 0 nitrogen and oxygen atoms in total. The zero-order valence-corrected chi connectivity index (χ0v) is 39.4. The van der Waals surface area contributed by atoms with Gasteiger partial charge in [0.2, 0.25) is 0 Å². The first-order chi connectivity index (χ1) is 26.5. The summed E-state index contributed by atoms with van der Waals surface area (Å²) in [4.78, 5) is 0. The Morgan fingerprint density at radius 1 is 0.259 bits per heavy atom. The molecule has 54 heavy (non-hydrogen) atoms. The van der Waals surface area contributed by atoms with Crippen LogP contribution in [0.3, 0.4) is 0 Å². The predicted octanol–water partition coefficient (Wildman–Crippen LogP) is 20.3. The van der Waals surface area contributed by atoms with Crippen LogP contribution < -0.4 is 0 Å². The van der Waals surface area contributed by atoms with E-state index < -0.39 is 0 Å². The molecule has 0 N–H and O–H groups in total. The summed E-state index contributed by atoms with van der Waals surface area (Å²) in [7, 11) is 0. The molecule has 0 spiro atoms. The van der Waals surface area contributed by atoms with Gasteiger partial charge >= 0.3 is 0 Å². The van der Waals surface area contributed by atoms with Crippen LogP contribution in [-0.2, 0) is 12.8 Å². The largest absolute Gasteiger partial charge is 0.0654 e. The Morgan fingerprint density at radius 3 is 0.741 bits per heavy atom. The monoisotopic (exact) mass is 755 g/mol. The SMILES string of the molecule is CCCCCCCC.CCCCCCCCCCCCCCCC.CCCCCCCCCCCCCCCc1cc(CCCCCCC)cc(C)c1C. The summed E-state index contributed by atoms with van der Waals surface area (Å²) >= 11 is 0. The summed E-state index contributed by atoms with van der Waals surface area (Å²) in [5.74, 6) is 0. The number of rotatable bonds is 38. The van der Waals surface area contributed by atoms with Gasteiger partial charge in [0.05, 0.1) is 0 Å². The normalized spacial score (nSPS) is 11.0. The summed E-state index contributed by atoms with van der Waals surface area (Å²) < 4.78 is 0.